The van der Waals surface area contributed by atoms with E-state index >= 15 is 0 Å². The molecule has 144 valence electrons. The van der Waals surface area contributed by atoms with E-state index in [4.69, 9.17) is 16.3 Å². The van der Waals surface area contributed by atoms with Crippen molar-refractivity contribution in [1.82, 2.24) is 9.62 Å². The molecular formula is C19H21ClN2O4S. The van der Waals surface area contributed by atoms with Crippen LogP contribution in [0.25, 0.3) is 0 Å². The van der Waals surface area contributed by atoms with Gasteiger partial charge in [-0.1, -0.05) is 23.7 Å². The van der Waals surface area contributed by atoms with Crippen LogP contribution in [-0.4, -0.2) is 46.0 Å². The van der Waals surface area contributed by atoms with Crippen LogP contribution in [0.3, 0.4) is 0 Å². The lowest BCUT2D eigenvalue weighted by molar-refractivity contribution is 0.0773. The SMILES string of the molecule is C=CCNS(=O)(=O)c1ccc(C(=O)N(C)CCOc2cccc(Cl)c2)cc1. The van der Waals surface area contributed by atoms with Gasteiger partial charge in [0.25, 0.3) is 5.91 Å². The monoisotopic (exact) mass is 408 g/mol. The van der Waals surface area contributed by atoms with Gasteiger partial charge < -0.3 is 9.64 Å². The zero-order valence-corrected chi connectivity index (χ0v) is 16.5. The Labute approximate surface area is 164 Å². The number of rotatable bonds is 9. The normalized spacial score (nSPS) is 11.0. The number of sulfonamides is 1. The van der Waals surface area contributed by atoms with Crippen LogP contribution >= 0.6 is 11.6 Å². The summed E-state index contributed by atoms with van der Waals surface area (Å²) in [6.45, 7) is 4.28. The van der Waals surface area contributed by atoms with Crippen LogP contribution < -0.4 is 9.46 Å². The van der Waals surface area contributed by atoms with E-state index in [9.17, 15) is 13.2 Å². The minimum absolute atomic E-state index is 0.0906. The first kappa shape index (κ1) is 21.0. The maximum atomic E-state index is 12.4. The van der Waals surface area contributed by atoms with Crippen molar-refractivity contribution in [3.8, 4) is 5.75 Å². The number of hydrogen-bond donors (Lipinski definition) is 1. The van der Waals surface area contributed by atoms with Crippen molar-refractivity contribution < 1.29 is 17.9 Å². The topological polar surface area (TPSA) is 75.7 Å². The Hall–Kier alpha value is -2.35. The van der Waals surface area contributed by atoms with Gasteiger partial charge in [-0.05, 0) is 42.5 Å². The molecule has 8 heteroatoms. The van der Waals surface area contributed by atoms with Crippen LogP contribution in [0, 0.1) is 0 Å². The number of nitrogens with zero attached hydrogens (tertiary/aromatic N) is 1. The number of amides is 1. The Morgan fingerprint density at radius 2 is 1.96 bits per heavy atom. The molecule has 2 aromatic rings. The molecule has 2 rings (SSSR count). The van der Waals surface area contributed by atoms with Crippen molar-refractivity contribution in [2.75, 3.05) is 26.7 Å². The maximum Gasteiger partial charge on any atom is 0.253 e. The van der Waals surface area contributed by atoms with Gasteiger partial charge in [-0.15, -0.1) is 6.58 Å². The van der Waals surface area contributed by atoms with Crippen molar-refractivity contribution in [3.05, 3.63) is 71.8 Å². The lowest BCUT2D eigenvalue weighted by Gasteiger charge is -2.18. The predicted molar refractivity (Wildman–Crippen MR) is 106 cm³/mol. The highest BCUT2D eigenvalue weighted by molar-refractivity contribution is 7.89. The van der Waals surface area contributed by atoms with Crippen molar-refractivity contribution in [1.29, 1.82) is 0 Å². The third-order valence-corrected chi connectivity index (χ3v) is 5.34. The molecule has 1 N–H and O–H groups in total. The molecule has 0 unspecified atom stereocenters. The van der Waals surface area contributed by atoms with Crippen LogP contribution in [0.15, 0.2) is 66.1 Å². The molecule has 0 bridgehead atoms. The molecule has 0 aromatic heterocycles. The standard InChI is InChI=1S/C19H21ClN2O4S/c1-3-11-21-27(24,25)18-9-7-15(8-10-18)19(23)22(2)12-13-26-17-6-4-5-16(20)14-17/h3-10,14,21H,1,11-13H2,2H3. The molecule has 0 aliphatic carbocycles. The fourth-order valence-electron chi connectivity index (χ4n) is 2.21. The Kier molecular flexibility index (Phi) is 7.41. The zero-order chi connectivity index (χ0) is 19.9. The quantitative estimate of drug-likeness (QED) is 0.647. The summed E-state index contributed by atoms with van der Waals surface area (Å²) in [5.41, 5.74) is 0.392. The fourth-order valence-corrected chi connectivity index (χ4v) is 3.39. The highest BCUT2D eigenvalue weighted by atomic mass is 35.5. The highest BCUT2D eigenvalue weighted by Gasteiger charge is 2.16. The van der Waals surface area contributed by atoms with E-state index in [1.807, 2.05) is 0 Å². The smallest absolute Gasteiger partial charge is 0.253 e. The maximum absolute atomic E-state index is 12.4. The van der Waals surface area contributed by atoms with E-state index in [0.29, 0.717) is 29.5 Å². The number of carbonyl (C=O) groups is 1. The van der Waals surface area contributed by atoms with E-state index < -0.39 is 10.0 Å². The van der Waals surface area contributed by atoms with E-state index in [2.05, 4.69) is 11.3 Å². The second-order valence-electron chi connectivity index (χ2n) is 5.70. The molecule has 2 aromatic carbocycles. The molecule has 0 saturated carbocycles. The number of halogens is 1. The van der Waals surface area contributed by atoms with Crippen molar-refractivity contribution >= 4 is 27.5 Å². The average Bonchev–Trinajstić information content (AvgIpc) is 2.66. The first-order valence-electron chi connectivity index (χ1n) is 8.18. The third-order valence-electron chi connectivity index (χ3n) is 3.67. The van der Waals surface area contributed by atoms with E-state index in [1.54, 1.807) is 31.3 Å². The fraction of sp³-hybridized carbons (Fsp3) is 0.211. The van der Waals surface area contributed by atoms with Crippen LogP contribution in [0.5, 0.6) is 5.75 Å². The van der Waals surface area contributed by atoms with Gasteiger partial charge in [-0.2, -0.15) is 0 Å². The van der Waals surface area contributed by atoms with E-state index in [-0.39, 0.29) is 17.3 Å². The minimum atomic E-state index is -3.61. The molecule has 0 heterocycles. The lowest BCUT2D eigenvalue weighted by atomic mass is 10.2. The second kappa shape index (κ2) is 9.55. The molecule has 0 aliphatic heterocycles. The second-order valence-corrected chi connectivity index (χ2v) is 7.90. The van der Waals surface area contributed by atoms with Gasteiger partial charge in [0.1, 0.15) is 12.4 Å². The molecule has 0 saturated heterocycles. The number of ether oxygens (including phenoxy) is 1. The highest BCUT2D eigenvalue weighted by Crippen LogP contribution is 2.17. The summed E-state index contributed by atoms with van der Waals surface area (Å²) in [4.78, 5) is 14.0. The molecule has 1 amide bonds. The number of hydrogen-bond acceptors (Lipinski definition) is 4. The molecule has 6 nitrogen and oxygen atoms in total. The van der Waals surface area contributed by atoms with Gasteiger partial charge in [0.05, 0.1) is 11.4 Å². The van der Waals surface area contributed by atoms with Crippen LogP contribution in [-0.2, 0) is 10.0 Å². The van der Waals surface area contributed by atoms with Crippen LogP contribution in [0.2, 0.25) is 5.02 Å². The summed E-state index contributed by atoms with van der Waals surface area (Å²) in [5, 5.41) is 0.578. The van der Waals surface area contributed by atoms with Crippen molar-refractivity contribution in [2.24, 2.45) is 0 Å². The van der Waals surface area contributed by atoms with Gasteiger partial charge in [0.15, 0.2) is 0 Å². The number of carbonyl (C=O) groups excluding carboxylic acids is 1. The molecule has 0 radical (unpaired) electrons. The number of benzene rings is 2. The first-order chi connectivity index (χ1) is 12.8. The minimum Gasteiger partial charge on any atom is -0.492 e. The van der Waals surface area contributed by atoms with Gasteiger partial charge in [0, 0.05) is 24.2 Å². The van der Waals surface area contributed by atoms with Gasteiger partial charge in [-0.3, -0.25) is 4.79 Å². The zero-order valence-electron chi connectivity index (χ0n) is 14.9. The first-order valence-corrected chi connectivity index (χ1v) is 10.0. The van der Waals surface area contributed by atoms with Gasteiger partial charge in [0.2, 0.25) is 10.0 Å². The summed E-state index contributed by atoms with van der Waals surface area (Å²) in [6.07, 6.45) is 1.45. The summed E-state index contributed by atoms with van der Waals surface area (Å²) in [6, 6.07) is 12.8. The summed E-state index contributed by atoms with van der Waals surface area (Å²) >= 11 is 5.89. The molecule has 0 atom stereocenters. The average molecular weight is 409 g/mol. The molecule has 0 spiro atoms. The largest absolute Gasteiger partial charge is 0.492 e. The lowest BCUT2D eigenvalue weighted by Crippen LogP contribution is -2.31. The Balaban J connectivity index is 1.93. The molecular weight excluding hydrogens is 388 g/mol. The third kappa shape index (κ3) is 6.09. The van der Waals surface area contributed by atoms with Crippen molar-refractivity contribution in [2.45, 2.75) is 4.90 Å². The van der Waals surface area contributed by atoms with Crippen LogP contribution in [0.1, 0.15) is 10.4 Å². The Bertz CT molecular complexity index is 898. The molecule has 0 fully saturated rings. The molecule has 27 heavy (non-hydrogen) atoms. The summed E-state index contributed by atoms with van der Waals surface area (Å²) < 4.78 is 32.0. The summed E-state index contributed by atoms with van der Waals surface area (Å²) in [5.74, 6) is 0.401. The number of nitrogens with one attached hydrogen (secondary N) is 1. The Morgan fingerprint density at radius 1 is 1.26 bits per heavy atom. The van der Waals surface area contributed by atoms with Crippen LogP contribution in [0.4, 0.5) is 0 Å². The van der Waals surface area contributed by atoms with Crippen molar-refractivity contribution in [3.63, 3.8) is 0 Å². The predicted octanol–water partition coefficient (Wildman–Crippen LogP) is 2.96. The summed E-state index contributed by atoms with van der Waals surface area (Å²) in [7, 11) is -1.96. The van der Waals surface area contributed by atoms with E-state index in [1.165, 1.54) is 35.2 Å². The Morgan fingerprint density at radius 3 is 2.59 bits per heavy atom. The molecule has 0 aliphatic rings. The van der Waals surface area contributed by atoms with Gasteiger partial charge >= 0.3 is 0 Å². The van der Waals surface area contributed by atoms with E-state index in [0.717, 1.165) is 0 Å². The van der Waals surface area contributed by atoms with Gasteiger partial charge in [-0.25, -0.2) is 13.1 Å². The number of likely N-dealkylation sites (N-methyl/N-ethyl adjacent to an activating group) is 1.